The lowest BCUT2D eigenvalue weighted by atomic mass is 10.2. The van der Waals surface area contributed by atoms with Gasteiger partial charge < -0.3 is 10.1 Å². The Bertz CT molecular complexity index is 1020. The van der Waals surface area contributed by atoms with Crippen molar-refractivity contribution in [3.05, 3.63) is 89.5 Å². The van der Waals surface area contributed by atoms with Gasteiger partial charge in [-0.1, -0.05) is 12.1 Å². The minimum Gasteiger partial charge on any atom is -0.495 e. The quantitative estimate of drug-likeness (QED) is 0.509. The monoisotopic (exact) mass is 392 g/mol. The fraction of sp³-hybridized carbons (Fsp3) is 0.136. The number of rotatable bonds is 5. The van der Waals surface area contributed by atoms with Gasteiger partial charge in [0.2, 0.25) is 5.96 Å². The Morgan fingerprint density at radius 1 is 1.14 bits per heavy atom. The van der Waals surface area contributed by atoms with E-state index >= 15 is 0 Å². The SMILES string of the molecule is COc1ccc(C)cc1NC(=NCc1ccncc1)NC(=O)c1cccc(F)c1. The number of aryl methyl sites for hydroxylation is 1. The number of halogens is 1. The summed E-state index contributed by atoms with van der Waals surface area (Å²) in [4.78, 5) is 21.1. The molecule has 0 atom stereocenters. The number of carbonyl (C=O) groups excluding carboxylic acids is 1. The first-order chi connectivity index (χ1) is 14.0. The van der Waals surface area contributed by atoms with Gasteiger partial charge in [0.05, 0.1) is 19.3 Å². The zero-order valence-corrected chi connectivity index (χ0v) is 16.1. The second-order valence-corrected chi connectivity index (χ2v) is 6.31. The molecule has 0 saturated carbocycles. The standard InChI is InChI=1S/C22H21FN4O2/c1-15-6-7-20(29-2)19(12-15)26-22(25-14-16-8-10-24-11-9-16)27-21(28)17-4-3-5-18(23)13-17/h3-13H,14H2,1-2H3,(H2,25,26,27,28). The number of guanidine groups is 1. The second-order valence-electron chi connectivity index (χ2n) is 6.31. The van der Waals surface area contributed by atoms with Crippen LogP contribution in [0.4, 0.5) is 10.1 Å². The van der Waals surface area contributed by atoms with E-state index in [1.807, 2.05) is 37.3 Å². The van der Waals surface area contributed by atoms with Crippen molar-refractivity contribution in [2.75, 3.05) is 12.4 Å². The second kappa shape index (κ2) is 9.45. The number of methoxy groups -OCH3 is 1. The molecule has 3 rings (SSSR count). The number of nitrogens with zero attached hydrogens (tertiary/aromatic N) is 2. The van der Waals surface area contributed by atoms with Crippen LogP contribution in [0.1, 0.15) is 21.5 Å². The minimum absolute atomic E-state index is 0.194. The average Bonchev–Trinajstić information content (AvgIpc) is 2.73. The molecule has 29 heavy (non-hydrogen) atoms. The highest BCUT2D eigenvalue weighted by Crippen LogP contribution is 2.25. The molecular weight excluding hydrogens is 371 g/mol. The molecule has 1 heterocycles. The fourth-order valence-electron chi connectivity index (χ4n) is 2.63. The third-order valence-corrected chi connectivity index (χ3v) is 4.10. The number of ether oxygens (including phenoxy) is 1. The molecule has 3 aromatic rings. The van der Waals surface area contributed by atoms with Crippen LogP contribution in [0.5, 0.6) is 5.75 Å². The normalized spacial score (nSPS) is 11.1. The van der Waals surface area contributed by atoms with E-state index in [9.17, 15) is 9.18 Å². The Hall–Kier alpha value is -3.74. The van der Waals surface area contributed by atoms with E-state index in [4.69, 9.17) is 4.74 Å². The first-order valence-corrected chi connectivity index (χ1v) is 8.97. The Kier molecular flexibility index (Phi) is 6.52. The molecule has 148 valence electrons. The van der Waals surface area contributed by atoms with Crippen molar-refractivity contribution in [1.82, 2.24) is 10.3 Å². The predicted molar refractivity (Wildman–Crippen MR) is 111 cm³/mol. The van der Waals surface area contributed by atoms with E-state index in [-0.39, 0.29) is 11.5 Å². The first kappa shape index (κ1) is 20.0. The highest BCUT2D eigenvalue weighted by molar-refractivity contribution is 6.10. The number of aromatic nitrogens is 1. The van der Waals surface area contributed by atoms with Gasteiger partial charge in [0.15, 0.2) is 0 Å². The summed E-state index contributed by atoms with van der Waals surface area (Å²) in [7, 11) is 1.56. The Balaban J connectivity index is 1.87. The molecule has 0 bridgehead atoms. The molecule has 6 nitrogen and oxygen atoms in total. The molecule has 0 aliphatic heterocycles. The number of aliphatic imine (C=N–C) groups is 1. The average molecular weight is 392 g/mol. The van der Waals surface area contributed by atoms with Crippen LogP contribution in [-0.2, 0) is 6.54 Å². The summed E-state index contributed by atoms with van der Waals surface area (Å²) in [6.07, 6.45) is 3.35. The van der Waals surface area contributed by atoms with Crippen molar-refractivity contribution < 1.29 is 13.9 Å². The molecule has 2 N–H and O–H groups in total. The van der Waals surface area contributed by atoms with Crippen LogP contribution >= 0.6 is 0 Å². The summed E-state index contributed by atoms with van der Waals surface area (Å²) >= 11 is 0. The van der Waals surface area contributed by atoms with Crippen molar-refractivity contribution in [3.8, 4) is 5.75 Å². The zero-order chi connectivity index (χ0) is 20.6. The number of anilines is 1. The highest BCUT2D eigenvalue weighted by Gasteiger charge is 2.12. The smallest absolute Gasteiger partial charge is 0.258 e. The molecule has 7 heteroatoms. The van der Waals surface area contributed by atoms with Gasteiger partial charge in [-0.25, -0.2) is 9.38 Å². The zero-order valence-electron chi connectivity index (χ0n) is 16.1. The maximum atomic E-state index is 13.5. The predicted octanol–water partition coefficient (Wildman–Crippen LogP) is 3.94. The summed E-state index contributed by atoms with van der Waals surface area (Å²) in [5.41, 5.74) is 2.79. The van der Waals surface area contributed by atoms with Crippen molar-refractivity contribution in [2.45, 2.75) is 13.5 Å². The third kappa shape index (κ3) is 5.62. The first-order valence-electron chi connectivity index (χ1n) is 8.97. The molecular formula is C22H21FN4O2. The van der Waals surface area contributed by atoms with Crippen molar-refractivity contribution in [3.63, 3.8) is 0 Å². The van der Waals surface area contributed by atoms with Crippen LogP contribution < -0.4 is 15.4 Å². The van der Waals surface area contributed by atoms with E-state index in [0.717, 1.165) is 11.1 Å². The minimum atomic E-state index is -0.485. The number of pyridine rings is 1. The number of amides is 1. The molecule has 0 fully saturated rings. The highest BCUT2D eigenvalue weighted by atomic mass is 19.1. The number of hydrogen-bond donors (Lipinski definition) is 2. The van der Waals surface area contributed by atoms with Crippen LogP contribution in [0.3, 0.4) is 0 Å². The number of benzene rings is 2. The lowest BCUT2D eigenvalue weighted by Crippen LogP contribution is -2.36. The van der Waals surface area contributed by atoms with Crippen LogP contribution in [0.2, 0.25) is 0 Å². The maximum Gasteiger partial charge on any atom is 0.258 e. The largest absolute Gasteiger partial charge is 0.495 e. The third-order valence-electron chi connectivity index (χ3n) is 4.10. The van der Waals surface area contributed by atoms with Gasteiger partial charge in [0, 0.05) is 18.0 Å². The Morgan fingerprint density at radius 3 is 2.66 bits per heavy atom. The molecule has 0 radical (unpaired) electrons. The topological polar surface area (TPSA) is 75.6 Å². The van der Waals surface area contributed by atoms with Gasteiger partial charge >= 0.3 is 0 Å². The number of hydrogen-bond acceptors (Lipinski definition) is 4. The van der Waals surface area contributed by atoms with E-state index in [1.165, 1.54) is 24.3 Å². The Labute approximate surface area is 168 Å². The van der Waals surface area contributed by atoms with Gasteiger partial charge in [-0.15, -0.1) is 0 Å². The summed E-state index contributed by atoms with van der Waals surface area (Å²) in [6.45, 7) is 2.27. The van der Waals surface area contributed by atoms with Crippen LogP contribution in [-0.4, -0.2) is 24.0 Å². The number of carbonyl (C=O) groups is 1. The van der Waals surface area contributed by atoms with Crippen molar-refractivity contribution >= 4 is 17.6 Å². The molecule has 1 amide bonds. The number of nitrogens with one attached hydrogen (secondary N) is 2. The van der Waals surface area contributed by atoms with Crippen LogP contribution in [0, 0.1) is 12.7 Å². The van der Waals surface area contributed by atoms with Gasteiger partial charge in [0.1, 0.15) is 11.6 Å². The lowest BCUT2D eigenvalue weighted by Gasteiger charge is -2.15. The lowest BCUT2D eigenvalue weighted by molar-refractivity contribution is 0.0976. The van der Waals surface area contributed by atoms with Crippen LogP contribution in [0.25, 0.3) is 0 Å². The van der Waals surface area contributed by atoms with Gasteiger partial charge in [0.25, 0.3) is 5.91 Å². The molecule has 1 aromatic heterocycles. The fourth-order valence-corrected chi connectivity index (χ4v) is 2.63. The van der Waals surface area contributed by atoms with Gasteiger partial charge in [-0.2, -0.15) is 0 Å². The molecule has 0 spiro atoms. The molecule has 0 aliphatic rings. The molecule has 0 saturated heterocycles. The molecule has 0 aliphatic carbocycles. The van der Waals surface area contributed by atoms with E-state index in [0.29, 0.717) is 18.0 Å². The van der Waals surface area contributed by atoms with E-state index in [1.54, 1.807) is 19.5 Å². The molecule has 2 aromatic carbocycles. The van der Waals surface area contributed by atoms with E-state index in [2.05, 4.69) is 20.6 Å². The molecule has 0 unspecified atom stereocenters. The van der Waals surface area contributed by atoms with E-state index < -0.39 is 11.7 Å². The van der Waals surface area contributed by atoms with Crippen LogP contribution in [0.15, 0.2) is 72.0 Å². The Morgan fingerprint density at radius 2 is 1.93 bits per heavy atom. The maximum absolute atomic E-state index is 13.5. The van der Waals surface area contributed by atoms with Crippen molar-refractivity contribution in [1.29, 1.82) is 0 Å². The summed E-state index contributed by atoms with van der Waals surface area (Å²) in [6, 6.07) is 14.8. The van der Waals surface area contributed by atoms with Gasteiger partial charge in [-0.05, 0) is 60.5 Å². The van der Waals surface area contributed by atoms with Crippen molar-refractivity contribution in [2.24, 2.45) is 4.99 Å². The summed E-state index contributed by atoms with van der Waals surface area (Å²) < 4.78 is 18.9. The van der Waals surface area contributed by atoms with Gasteiger partial charge in [-0.3, -0.25) is 15.1 Å². The summed E-state index contributed by atoms with van der Waals surface area (Å²) in [5, 5.41) is 5.82. The summed E-state index contributed by atoms with van der Waals surface area (Å²) in [5.74, 6) is -0.134.